The molecule has 32 heavy (non-hydrogen) atoms. The van der Waals surface area contributed by atoms with Gasteiger partial charge < -0.3 is 93.5 Å². The van der Waals surface area contributed by atoms with E-state index >= 15 is 0 Å². The van der Waals surface area contributed by atoms with Gasteiger partial charge in [-0.3, -0.25) is 13.7 Å². The summed E-state index contributed by atoms with van der Waals surface area (Å²) in [4.78, 5) is 46.2. The molecule has 0 aromatic heterocycles. The van der Waals surface area contributed by atoms with Crippen molar-refractivity contribution in [3.8, 4) is 0 Å². The van der Waals surface area contributed by atoms with Gasteiger partial charge in [-0.25, -0.2) is 0 Å². The third-order valence-corrected chi connectivity index (χ3v) is 3.22. The van der Waals surface area contributed by atoms with Crippen LogP contribution in [0.15, 0.2) is 0 Å². The van der Waals surface area contributed by atoms with Crippen LogP contribution in [0.1, 0.15) is 0 Å². The zero-order valence-electron chi connectivity index (χ0n) is 17.1. The van der Waals surface area contributed by atoms with E-state index in [1.807, 2.05) is 0 Å². The van der Waals surface area contributed by atoms with Crippen molar-refractivity contribution < 1.29 is 196 Å². The van der Waals surface area contributed by atoms with Crippen LogP contribution in [0.5, 0.6) is 0 Å². The number of rotatable bonds is 7. The predicted octanol–water partition coefficient (Wildman–Crippen LogP) is -21.7. The average molecular weight is 568 g/mol. The number of phosphoric acid groups is 2. The molecule has 0 bridgehead atoms. The van der Waals surface area contributed by atoms with Crippen LogP contribution in [0.2, 0.25) is 0 Å². The summed E-state index contributed by atoms with van der Waals surface area (Å²) in [6.45, 7) is -1.69. The van der Waals surface area contributed by atoms with Crippen molar-refractivity contribution in [2.45, 2.75) is 18.3 Å². The monoisotopic (exact) mass is 568 g/mol. The number of aliphatic hydroxyl groups is 5. The molecule has 21 nitrogen and oxygen atoms in total. The number of hydrogen-bond acceptors (Lipinski definition) is 12. The summed E-state index contributed by atoms with van der Waals surface area (Å²) in [6, 6.07) is 0. The van der Waals surface area contributed by atoms with Crippen LogP contribution in [0, 0.1) is 0 Å². The molecule has 0 aliphatic heterocycles. The van der Waals surface area contributed by atoms with Gasteiger partial charge in [0.1, 0.15) is 24.9 Å². The first kappa shape index (κ1) is 83.8. The van der Waals surface area contributed by atoms with Crippen LogP contribution in [-0.2, 0) is 18.2 Å². The van der Waals surface area contributed by atoms with Crippen molar-refractivity contribution in [3.05, 3.63) is 0 Å². The van der Waals surface area contributed by atoms with E-state index in [4.69, 9.17) is 30.4 Å². The van der Waals surface area contributed by atoms with Crippen LogP contribution in [-0.4, -0.2) is 112 Å². The zero-order valence-corrected chi connectivity index (χ0v) is 24.9. The van der Waals surface area contributed by atoms with Gasteiger partial charge in [0.15, 0.2) is 5.78 Å². The van der Waals surface area contributed by atoms with E-state index in [9.17, 15) is 28.6 Å². The second-order valence-corrected chi connectivity index (χ2v) is 5.79. The van der Waals surface area contributed by atoms with Crippen LogP contribution in [0.3, 0.4) is 0 Å². The summed E-state index contributed by atoms with van der Waals surface area (Å²) >= 11 is 0. The largest absolute Gasteiger partial charge is 1.00 e. The first-order valence-corrected chi connectivity index (χ1v) is 7.76. The Morgan fingerprint density at radius 3 is 1.19 bits per heavy atom. The number of hydrogen-bond donors (Lipinski definition) is 6. The Morgan fingerprint density at radius 2 is 1.06 bits per heavy atom. The summed E-state index contributed by atoms with van der Waals surface area (Å²) in [5.41, 5.74) is 0. The maximum atomic E-state index is 10.5. The summed E-state index contributed by atoms with van der Waals surface area (Å²) in [5.74, 6) is -1.00. The summed E-state index contributed by atoms with van der Waals surface area (Å²) in [7, 11) is -11.0. The Balaban J connectivity index is -0.0000000155. The standard InChI is InChI=1S/C6H12O6.3Na.H4O7P2.8H2O/c7-1-3(9)5(11)6(12)4(10)2-8;;;;1-8(2,3)7-9(4,5)6;;;;;;;;/h3,5-9,11-12H,1-2H2;;;;(H2,1,2,3)(H2,4,5,6);8*1H2/q;3*+1;;;;;;;;;/p-3. The first-order valence-electron chi connectivity index (χ1n) is 4.81. The van der Waals surface area contributed by atoms with Gasteiger partial charge in [0.05, 0.1) is 14.4 Å². The number of carbonyl (C=O) groups is 1. The molecule has 0 rings (SSSR count). The minimum atomic E-state index is -5.61. The van der Waals surface area contributed by atoms with Crippen molar-refractivity contribution in [1.29, 1.82) is 0 Å². The summed E-state index contributed by atoms with van der Waals surface area (Å²) in [5, 5.41) is 43.1. The molecule has 0 radical (unpaired) electrons. The van der Waals surface area contributed by atoms with E-state index in [1.54, 1.807) is 0 Å². The summed E-state index contributed by atoms with van der Waals surface area (Å²) in [6.07, 6.45) is -5.22. The maximum Gasteiger partial charge on any atom is 1.00 e. The number of carbonyl (C=O) groups excluding carboxylic acids is 1. The van der Waals surface area contributed by atoms with E-state index in [0.29, 0.717) is 0 Å². The van der Waals surface area contributed by atoms with Crippen molar-refractivity contribution >= 4 is 21.4 Å². The van der Waals surface area contributed by atoms with Gasteiger partial charge in [0.25, 0.3) is 7.82 Å². The van der Waals surface area contributed by atoms with E-state index in [0.717, 1.165) is 0 Å². The van der Waals surface area contributed by atoms with Crippen molar-refractivity contribution in [3.63, 3.8) is 0 Å². The SMILES string of the molecule is O.O.O.O.O.O.O.O.O=C(CO)C(O)C(O)C(O)CO.O=P([O-])([O-])OP(=O)([O-])O.[Na+].[Na+].[Na+]. The van der Waals surface area contributed by atoms with Gasteiger partial charge in [-0.15, -0.1) is 0 Å². The van der Waals surface area contributed by atoms with E-state index in [1.165, 1.54) is 0 Å². The molecule has 0 aliphatic rings. The molecular weight excluding hydrogens is 539 g/mol. The molecule has 0 aliphatic carbocycles. The Kier molecular flexibility index (Phi) is 106. The molecule has 26 heteroatoms. The number of Topliss-reactive ketones (excluding diaryl/α,β-unsaturated/α-hetero) is 1. The third kappa shape index (κ3) is 53.7. The molecule has 0 aromatic carbocycles. The van der Waals surface area contributed by atoms with Gasteiger partial charge in [-0.1, -0.05) is 0 Å². The Morgan fingerprint density at radius 1 is 0.781 bits per heavy atom. The minimum Gasteiger partial charge on any atom is -0.790 e. The van der Waals surface area contributed by atoms with Crippen molar-refractivity contribution in [1.82, 2.24) is 0 Å². The zero-order chi connectivity index (χ0) is 17.4. The van der Waals surface area contributed by atoms with E-state index < -0.39 is 53.0 Å². The Hall–Kier alpha value is 2.41. The fourth-order valence-corrected chi connectivity index (χ4v) is 1.74. The molecule has 0 heterocycles. The van der Waals surface area contributed by atoms with Crippen LogP contribution >= 0.6 is 15.6 Å². The number of aliphatic hydroxyl groups excluding tert-OH is 5. The number of ketones is 1. The van der Waals surface area contributed by atoms with Gasteiger partial charge in [0, 0.05) is 0 Å². The minimum absolute atomic E-state index is 0. The molecule has 0 amide bonds. The first-order chi connectivity index (χ1) is 9.25. The molecule has 0 aromatic rings. The van der Waals surface area contributed by atoms with Gasteiger partial charge in [0.2, 0.25) is 0 Å². The Bertz CT molecular complexity index is 396. The smallest absolute Gasteiger partial charge is 0.790 e. The second-order valence-electron chi connectivity index (χ2n) is 3.31. The predicted molar refractivity (Wildman–Crippen MR) is 84.6 cm³/mol. The Labute approximate surface area is 246 Å². The van der Waals surface area contributed by atoms with Crippen LogP contribution < -0.4 is 103 Å². The molecule has 4 unspecified atom stereocenters. The van der Waals surface area contributed by atoms with Crippen LogP contribution in [0.4, 0.5) is 0 Å². The van der Waals surface area contributed by atoms with Crippen molar-refractivity contribution in [2.75, 3.05) is 13.2 Å². The molecule has 0 saturated heterocycles. The quantitative estimate of drug-likeness (QED) is 0.123. The second kappa shape index (κ2) is 40.6. The normalized spacial score (nSPS) is 12.3. The van der Waals surface area contributed by atoms with Gasteiger partial charge in [-0.2, -0.15) is 0 Å². The van der Waals surface area contributed by atoms with Crippen LogP contribution in [0.25, 0.3) is 0 Å². The molecule has 22 N–H and O–H groups in total. The van der Waals surface area contributed by atoms with Gasteiger partial charge >= 0.3 is 88.7 Å². The maximum absolute atomic E-state index is 10.5. The third-order valence-electron chi connectivity index (χ3n) is 1.59. The van der Waals surface area contributed by atoms with E-state index in [-0.39, 0.29) is 132 Å². The van der Waals surface area contributed by atoms with Gasteiger partial charge in [-0.05, 0) is 0 Å². The summed E-state index contributed by atoms with van der Waals surface area (Å²) < 4.78 is 21.4. The fraction of sp³-hybridized carbons (Fsp3) is 0.833. The molecule has 0 saturated carbocycles. The molecule has 0 fully saturated rings. The molecule has 0 spiro atoms. The molecule has 192 valence electrons. The average Bonchev–Trinajstić information content (AvgIpc) is 2.31. The molecular formula is C6H29Na3O21P2. The molecule has 4 atom stereocenters. The fourth-order valence-electron chi connectivity index (χ4n) is 0.729. The van der Waals surface area contributed by atoms with Crippen molar-refractivity contribution in [2.24, 2.45) is 0 Å². The topological polar surface area (TPSA) is 503 Å². The van der Waals surface area contributed by atoms with E-state index in [2.05, 4.69) is 4.31 Å².